The quantitative estimate of drug-likeness (QED) is 0.749. The van der Waals surface area contributed by atoms with Crippen LogP contribution < -0.4 is 5.32 Å². The van der Waals surface area contributed by atoms with E-state index in [1.807, 2.05) is 0 Å². The van der Waals surface area contributed by atoms with Gasteiger partial charge in [-0.05, 0) is 38.3 Å². The average Bonchev–Trinajstić information content (AvgIpc) is 2.28. The van der Waals surface area contributed by atoms with Crippen molar-refractivity contribution in [3.05, 3.63) is 0 Å². The molecule has 1 saturated heterocycles. The van der Waals surface area contributed by atoms with Crippen molar-refractivity contribution < 1.29 is 0 Å². The van der Waals surface area contributed by atoms with Crippen molar-refractivity contribution in [3.63, 3.8) is 0 Å². The molecule has 0 spiro atoms. The lowest BCUT2D eigenvalue weighted by atomic mass is 9.90. The van der Waals surface area contributed by atoms with Crippen LogP contribution in [0.5, 0.6) is 0 Å². The van der Waals surface area contributed by atoms with Gasteiger partial charge in [-0.2, -0.15) is 0 Å². The summed E-state index contributed by atoms with van der Waals surface area (Å²) in [6.07, 6.45) is 5.40. The van der Waals surface area contributed by atoms with Gasteiger partial charge in [0.1, 0.15) is 0 Å². The average molecular weight is 226 g/mol. The van der Waals surface area contributed by atoms with Crippen molar-refractivity contribution in [3.8, 4) is 0 Å². The van der Waals surface area contributed by atoms with E-state index in [-0.39, 0.29) is 0 Å². The molecule has 2 nitrogen and oxygen atoms in total. The molecule has 0 aliphatic carbocycles. The highest BCUT2D eigenvalue weighted by atomic mass is 15.1. The fourth-order valence-electron chi connectivity index (χ4n) is 2.72. The third-order valence-electron chi connectivity index (χ3n) is 4.03. The van der Waals surface area contributed by atoms with Crippen LogP contribution in [0.2, 0.25) is 0 Å². The van der Waals surface area contributed by atoms with Crippen molar-refractivity contribution >= 4 is 0 Å². The smallest absolute Gasteiger partial charge is 0.0197 e. The molecule has 0 bridgehead atoms. The lowest BCUT2D eigenvalue weighted by molar-refractivity contribution is 0.207. The monoisotopic (exact) mass is 226 g/mol. The molecule has 1 aliphatic heterocycles. The first-order valence-corrected chi connectivity index (χ1v) is 7.07. The van der Waals surface area contributed by atoms with Gasteiger partial charge in [0, 0.05) is 19.1 Å². The van der Waals surface area contributed by atoms with Crippen LogP contribution in [-0.4, -0.2) is 37.6 Å². The molecule has 1 N–H and O–H groups in total. The fourth-order valence-corrected chi connectivity index (χ4v) is 2.72. The summed E-state index contributed by atoms with van der Waals surface area (Å²) in [5.74, 6) is 1.79. The van der Waals surface area contributed by atoms with Crippen LogP contribution in [0.3, 0.4) is 0 Å². The van der Waals surface area contributed by atoms with Crippen molar-refractivity contribution in [1.82, 2.24) is 10.2 Å². The Hall–Kier alpha value is -0.0800. The Balaban J connectivity index is 2.24. The van der Waals surface area contributed by atoms with E-state index in [1.165, 1.54) is 45.3 Å². The van der Waals surface area contributed by atoms with Crippen LogP contribution in [-0.2, 0) is 0 Å². The van der Waals surface area contributed by atoms with Crippen molar-refractivity contribution in [2.75, 3.05) is 26.7 Å². The molecular formula is C14H30N2. The molecule has 1 heterocycles. The minimum atomic E-state index is 0.729. The van der Waals surface area contributed by atoms with Gasteiger partial charge < -0.3 is 10.2 Å². The van der Waals surface area contributed by atoms with E-state index in [0.29, 0.717) is 0 Å². The number of hydrogen-bond acceptors (Lipinski definition) is 2. The topological polar surface area (TPSA) is 15.3 Å². The van der Waals surface area contributed by atoms with E-state index >= 15 is 0 Å². The molecule has 0 aromatic heterocycles. The molecule has 96 valence electrons. The van der Waals surface area contributed by atoms with E-state index in [1.54, 1.807) is 0 Å². The summed E-state index contributed by atoms with van der Waals surface area (Å²) in [4.78, 5) is 2.50. The summed E-state index contributed by atoms with van der Waals surface area (Å²) in [6.45, 7) is 10.6. The lowest BCUT2D eigenvalue weighted by Crippen LogP contribution is -2.45. The molecule has 16 heavy (non-hydrogen) atoms. The van der Waals surface area contributed by atoms with E-state index in [2.05, 4.69) is 38.0 Å². The summed E-state index contributed by atoms with van der Waals surface area (Å²) in [5, 5.41) is 3.66. The fraction of sp³-hybridized carbons (Fsp3) is 1.00. The molecule has 3 atom stereocenters. The Morgan fingerprint density at radius 3 is 2.75 bits per heavy atom. The summed E-state index contributed by atoms with van der Waals surface area (Å²) >= 11 is 0. The largest absolute Gasteiger partial charge is 0.313 e. The molecule has 1 fully saturated rings. The van der Waals surface area contributed by atoms with Crippen LogP contribution >= 0.6 is 0 Å². The van der Waals surface area contributed by atoms with Gasteiger partial charge >= 0.3 is 0 Å². The van der Waals surface area contributed by atoms with Crippen LogP contribution in [0, 0.1) is 11.8 Å². The predicted octanol–water partition coefficient (Wildman–Crippen LogP) is 2.74. The standard InChI is InChI=1S/C14H30N2/c1-5-12(3)10-16(4)11-14-9-13(6-2)7-8-15-14/h12-15H,5-11H2,1-4H3. The molecule has 1 aliphatic rings. The Kier molecular flexibility index (Phi) is 6.37. The molecule has 1 rings (SSSR count). The molecule has 0 aromatic rings. The highest BCUT2D eigenvalue weighted by Gasteiger charge is 2.21. The number of rotatable bonds is 6. The Bertz CT molecular complexity index is 182. The van der Waals surface area contributed by atoms with Gasteiger partial charge in [0.25, 0.3) is 0 Å². The first-order chi connectivity index (χ1) is 7.65. The number of piperidine rings is 1. The summed E-state index contributed by atoms with van der Waals surface area (Å²) in [5.41, 5.74) is 0. The maximum Gasteiger partial charge on any atom is 0.0197 e. The number of likely N-dealkylation sites (N-methyl/N-ethyl adjacent to an activating group) is 1. The zero-order valence-electron chi connectivity index (χ0n) is 11.6. The van der Waals surface area contributed by atoms with Crippen LogP contribution in [0.15, 0.2) is 0 Å². The van der Waals surface area contributed by atoms with Gasteiger partial charge in [-0.15, -0.1) is 0 Å². The van der Waals surface area contributed by atoms with Crippen molar-refractivity contribution in [2.45, 2.75) is 52.5 Å². The van der Waals surface area contributed by atoms with Gasteiger partial charge in [-0.25, -0.2) is 0 Å². The third kappa shape index (κ3) is 4.84. The SMILES string of the molecule is CCC(C)CN(C)CC1CC(CC)CCN1. The van der Waals surface area contributed by atoms with Crippen LogP contribution in [0.25, 0.3) is 0 Å². The molecular weight excluding hydrogens is 196 g/mol. The van der Waals surface area contributed by atoms with E-state index in [0.717, 1.165) is 17.9 Å². The third-order valence-corrected chi connectivity index (χ3v) is 4.03. The molecule has 0 saturated carbocycles. The molecule has 0 aromatic carbocycles. The second-order valence-corrected chi connectivity index (χ2v) is 5.68. The Labute approximate surface area is 102 Å². The van der Waals surface area contributed by atoms with E-state index < -0.39 is 0 Å². The number of nitrogens with zero attached hydrogens (tertiary/aromatic N) is 1. The van der Waals surface area contributed by atoms with Gasteiger partial charge in [0.05, 0.1) is 0 Å². The summed E-state index contributed by atoms with van der Waals surface area (Å²) in [7, 11) is 2.27. The maximum absolute atomic E-state index is 3.66. The first kappa shape index (κ1) is 14.0. The van der Waals surface area contributed by atoms with E-state index in [4.69, 9.17) is 0 Å². The highest BCUT2D eigenvalue weighted by Crippen LogP contribution is 2.19. The molecule has 0 amide bonds. The number of nitrogens with one attached hydrogen (secondary N) is 1. The predicted molar refractivity (Wildman–Crippen MR) is 71.8 cm³/mol. The summed E-state index contributed by atoms with van der Waals surface area (Å²) in [6, 6.07) is 0.729. The second kappa shape index (κ2) is 7.29. The minimum Gasteiger partial charge on any atom is -0.313 e. The highest BCUT2D eigenvalue weighted by molar-refractivity contribution is 4.80. The molecule has 2 heteroatoms. The Morgan fingerprint density at radius 1 is 1.38 bits per heavy atom. The lowest BCUT2D eigenvalue weighted by Gasteiger charge is -2.33. The maximum atomic E-state index is 3.66. The molecule has 3 unspecified atom stereocenters. The Morgan fingerprint density at radius 2 is 2.12 bits per heavy atom. The zero-order chi connectivity index (χ0) is 12.0. The van der Waals surface area contributed by atoms with Gasteiger partial charge in [-0.1, -0.05) is 33.6 Å². The second-order valence-electron chi connectivity index (χ2n) is 5.68. The van der Waals surface area contributed by atoms with Crippen molar-refractivity contribution in [2.24, 2.45) is 11.8 Å². The van der Waals surface area contributed by atoms with Gasteiger partial charge in [0.15, 0.2) is 0 Å². The number of hydrogen-bond donors (Lipinski definition) is 1. The van der Waals surface area contributed by atoms with Crippen molar-refractivity contribution in [1.29, 1.82) is 0 Å². The minimum absolute atomic E-state index is 0.729. The first-order valence-electron chi connectivity index (χ1n) is 7.07. The van der Waals surface area contributed by atoms with Crippen LogP contribution in [0.1, 0.15) is 46.5 Å². The van der Waals surface area contributed by atoms with E-state index in [9.17, 15) is 0 Å². The van der Waals surface area contributed by atoms with Gasteiger partial charge in [-0.3, -0.25) is 0 Å². The van der Waals surface area contributed by atoms with Crippen LogP contribution in [0.4, 0.5) is 0 Å². The van der Waals surface area contributed by atoms with Gasteiger partial charge in [0.2, 0.25) is 0 Å². The molecule has 0 radical (unpaired) electrons. The normalized spacial score (nSPS) is 28.3. The summed E-state index contributed by atoms with van der Waals surface area (Å²) < 4.78 is 0. The zero-order valence-corrected chi connectivity index (χ0v) is 11.6.